The fourth-order valence-electron chi connectivity index (χ4n) is 3.42. The van der Waals surface area contributed by atoms with Crippen LogP contribution in [0.5, 0.6) is 0 Å². The second-order valence-corrected chi connectivity index (χ2v) is 6.27. The quantitative estimate of drug-likeness (QED) is 0.848. The van der Waals surface area contributed by atoms with Crippen molar-refractivity contribution in [2.75, 3.05) is 6.54 Å². The Bertz CT molecular complexity index is 356. The van der Waals surface area contributed by atoms with Crippen molar-refractivity contribution in [1.82, 2.24) is 10.2 Å². The first kappa shape index (κ1) is 14.4. The number of carbonyl (C=O) groups is 2. The van der Waals surface area contributed by atoms with Crippen molar-refractivity contribution in [3.05, 3.63) is 0 Å². The molecule has 1 saturated heterocycles. The molecule has 1 N–H and O–H groups in total. The maximum atomic E-state index is 12.4. The van der Waals surface area contributed by atoms with Crippen LogP contribution in [0.15, 0.2) is 0 Å². The molecule has 0 radical (unpaired) electrons. The minimum absolute atomic E-state index is 0.00434. The van der Waals surface area contributed by atoms with Crippen LogP contribution in [0.3, 0.4) is 0 Å². The summed E-state index contributed by atoms with van der Waals surface area (Å²) < 4.78 is 0. The molecule has 4 unspecified atom stereocenters. The van der Waals surface area contributed by atoms with Crippen LogP contribution in [-0.2, 0) is 9.59 Å². The molecule has 4 heteroatoms. The lowest BCUT2D eigenvalue weighted by Gasteiger charge is -2.40. The van der Waals surface area contributed by atoms with Gasteiger partial charge >= 0.3 is 0 Å². The van der Waals surface area contributed by atoms with Gasteiger partial charge in [-0.2, -0.15) is 0 Å². The molecule has 0 spiro atoms. The first-order chi connectivity index (χ1) is 9.02. The Labute approximate surface area is 115 Å². The van der Waals surface area contributed by atoms with Gasteiger partial charge in [0.1, 0.15) is 12.1 Å². The topological polar surface area (TPSA) is 49.4 Å². The molecule has 1 aliphatic carbocycles. The van der Waals surface area contributed by atoms with Crippen LogP contribution in [0.2, 0.25) is 0 Å². The highest BCUT2D eigenvalue weighted by Crippen LogP contribution is 2.30. The van der Waals surface area contributed by atoms with E-state index < -0.39 is 0 Å². The fourth-order valence-corrected chi connectivity index (χ4v) is 3.42. The number of carbonyl (C=O) groups excluding carboxylic acids is 2. The van der Waals surface area contributed by atoms with Gasteiger partial charge in [0.05, 0.1) is 0 Å². The predicted octanol–water partition coefficient (Wildman–Crippen LogP) is 1.94. The Morgan fingerprint density at radius 3 is 2.63 bits per heavy atom. The largest absolute Gasteiger partial charge is 0.343 e. The van der Waals surface area contributed by atoms with Crippen LogP contribution in [-0.4, -0.2) is 35.3 Å². The number of nitrogens with one attached hydrogen (secondary N) is 1. The molecule has 2 aliphatic rings. The van der Waals surface area contributed by atoms with Crippen molar-refractivity contribution in [2.45, 2.75) is 65.0 Å². The summed E-state index contributed by atoms with van der Waals surface area (Å²) in [5.74, 6) is 1.42. The van der Waals surface area contributed by atoms with Crippen LogP contribution in [0.25, 0.3) is 0 Å². The Balaban J connectivity index is 2.03. The smallest absolute Gasteiger partial charge is 0.245 e. The fraction of sp³-hybridized carbons (Fsp3) is 0.867. The van der Waals surface area contributed by atoms with Gasteiger partial charge in [0, 0.05) is 6.54 Å². The standard InChI is InChI=1S/C15H26N2O2/c1-4-13-15(19)17(11(3)14(18)16-13)9-12-7-5-6-10(2)8-12/h10-13H,4-9H2,1-3H3,(H,16,18). The molecule has 2 amide bonds. The number of amides is 2. The monoisotopic (exact) mass is 266 g/mol. The zero-order valence-electron chi connectivity index (χ0n) is 12.3. The van der Waals surface area contributed by atoms with Gasteiger partial charge in [-0.05, 0) is 38.0 Å². The molecule has 2 rings (SSSR count). The lowest BCUT2D eigenvalue weighted by Crippen LogP contribution is -2.63. The molecule has 1 heterocycles. The van der Waals surface area contributed by atoms with Crippen LogP contribution < -0.4 is 5.32 Å². The minimum Gasteiger partial charge on any atom is -0.343 e. The van der Waals surface area contributed by atoms with E-state index in [0.29, 0.717) is 12.3 Å². The van der Waals surface area contributed by atoms with Crippen molar-refractivity contribution in [1.29, 1.82) is 0 Å². The van der Waals surface area contributed by atoms with Gasteiger partial charge in [-0.3, -0.25) is 9.59 Å². The predicted molar refractivity (Wildman–Crippen MR) is 74.5 cm³/mol. The molecule has 1 aliphatic heterocycles. The maximum Gasteiger partial charge on any atom is 0.245 e. The Morgan fingerprint density at radius 2 is 2.00 bits per heavy atom. The average Bonchev–Trinajstić information content (AvgIpc) is 2.39. The molecule has 4 nitrogen and oxygen atoms in total. The Hall–Kier alpha value is -1.06. The van der Waals surface area contributed by atoms with E-state index in [9.17, 15) is 9.59 Å². The van der Waals surface area contributed by atoms with Gasteiger partial charge in [0.25, 0.3) is 0 Å². The summed E-state index contributed by atoms with van der Waals surface area (Å²) >= 11 is 0. The van der Waals surface area contributed by atoms with Crippen molar-refractivity contribution in [2.24, 2.45) is 11.8 Å². The number of hydrogen-bond donors (Lipinski definition) is 1. The van der Waals surface area contributed by atoms with Gasteiger partial charge in [-0.25, -0.2) is 0 Å². The van der Waals surface area contributed by atoms with Gasteiger partial charge in [0.2, 0.25) is 11.8 Å². The summed E-state index contributed by atoms with van der Waals surface area (Å²) in [6.07, 6.45) is 5.62. The van der Waals surface area contributed by atoms with Crippen LogP contribution in [0, 0.1) is 11.8 Å². The highest BCUT2D eigenvalue weighted by atomic mass is 16.2. The highest BCUT2D eigenvalue weighted by molar-refractivity contribution is 5.96. The minimum atomic E-state index is -0.315. The molecule has 0 aromatic heterocycles. The third-order valence-electron chi connectivity index (χ3n) is 4.65. The normalized spacial score (nSPS) is 36.3. The molecule has 0 bridgehead atoms. The molecule has 108 valence electrons. The number of nitrogens with zero attached hydrogens (tertiary/aromatic N) is 1. The molecular formula is C15H26N2O2. The lowest BCUT2D eigenvalue weighted by molar-refractivity contribution is -0.149. The molecule has 4 atom stereocenters. The molecule has 1 saturated carbocycles. The molecule has 19 heavy (non-hydrogen) atoms. The third kappa shape index (κ3) is 3.10. The van der Waals surface area contributed by atoms with Gasteiger partial charge in [-0.1, -0.05) is 26.7 Å². The first-order valence-corrected chi connectivity index (χ1v) is 7.63. The van der Waals surface area contributed by atoms with E-state index in [0.717, 1.165) is 12.5 Å². The van der Waals surface area contributed by atoms with Crippen molar-refractivity contribution in [3.8, 4) is 0 Å². The van der Waals surface area contributed by atoms with Gasteiger partial charge in [-0.15, -0.1) is 0 Å². The zero-order valence-corrected chi connectivity index (χ0v) is 12.3. The molecule has 2 fully saturated rings. The second-order valence-electron chi connectivity index (χ2n) is 6.27. The average molecular weight is 266 g/mol. The number of hydrogen-bond acceptors (Lipinski definition) is 2. The summed E-state index contributed by atoms with van der Waals surface area (Å²) in [4.78, 5) is 26.1. The summed E-state index contributed by atoms with van der Waals surface area (Å²) in [5.41, 5.74) is 0. The Kier molecular flexibility index (Phi) is 4.48. The Morgan fingerprint density at radius 1 is 1.26 bits per heavy atom. The van der Waals surface area contributed by atoms with Crippen molar-refractivity contribution < 1.29 is 9.59 Å². The first-order valence-electron chi connectivity index (χ1n) is 7.63. The van der Waals surface area contributed by atoms with E-state index in [-0.39, 0.29) is 23.9 Å². The van der Waals surface area contributed by atoms with E-state index in [4.69, 9.17) is 0 Å². The van der Waals surface area contributed by atoms with Crippen LogP contribution in [0.1, 0.15) is 52.9 Å². The molecule has 0 aromatic rings. The van der Waals surface area contributed by atoms with E-state index >= 15 is 0 Å². The van der Waals surface area contributed by atoms with E-state index in [1.165, 1.54) is 25.7 Å². The van der Waals surface area contributed by atoms with E-state index in [1.807, 2.05) is 18.7 Å². The SMILES string of the molecule is CCC1NC(=O)C(C)N(CC2CCCC(C)C2)C1=O. The number of piperazine rings is 1. The lowest BCUT2D eigenvalue weighted by atomic mass is 9.82. The summed E-state index contributed by atoms with van der Waals surface area (Å²) in [5, 5.41) is 2.81. The summed E-state index contributed by atoms with van der Waals surface area (Å²) in [6.45, 7) is 6.83. The summed E-state index contributed by atoms with van der Waals surface area (Å²) in [6, 6.07) is -0.628. The summed E-state index contributed by atoms with van der Waals surface area (Å²) in [7, 11) is 0. The highest BCUT2D eigenvalue weighted by Gasteiger charge is 2.38. The van der Waals surface area contributed by atoms with E-state index in [2.05, 4.69) is 12.2 Å². The second kappa shape index (κ2) is 5.93. The molecule has 0 aromatic carbocycles. The van der Waals surface area contributed by atoms with Crippen LogP contribution in [0.4, 0.5) is 0 Å². The van der Waals surface area contributed by atoms with E-state index in [1.54, 1.807) is 0 Å². The maximum absolute atomic E-state index is 12.4. The van der Waals surface area contributed by atoms with Crippen molar-refractivity contribution >= 4 is 11.8 Å². The zero-order chi connectivity index (χ0) is 14.0. The third-order valence-corrected chi connectivity index (χ3v) is 4.65. The van der Waals surface area contributed by atoms with Gasteiger partial charge < -0.3 is 10.2 Å². The van der Waals surface area contributed by atoms with Crippen molar-refractivity contribution in [3.63, 3.8) is 0 Å². The van der Waals surface area contributed by atoms with Crippen LogP contribution >= 0.6 is 0 Å². The molecular weight excluding hydrogens is 240 g/mol. The number of rotatable bonds is 3. The van der Waals surface area contributed by atoms with Gasteiger partial charge in [0.15, 0.2) is 0 Å².